The van der Waals surface area contributed by atoms with Crippen molar-refractivity contribution in [1.29, 1.82) is 0 Å². The molecular weight excluding hydrogens is 162 g/mol. The van der Waals surface area contributed by atoms with Gasteiger partial charge in [-0.2, -0.15) is 0 Å². The maximum atomic E-state index is 11.8. The number of fused-ring (bicyclic) bond motifs is 1. The minimum atomic E-state index is -0.0369. The minimum Gasteiger partial charge on any atom is -0.353 e. The van der Waals surface area contributed by atoms with Crippen LogP contribution in [0.2, 0.25) is 0 Å². The summed E-state index contributed by atoms with van der Waals surface area (Å²) in [5.74, 6) is 0.945. The van der Waals surface area contributed by atoms with Crippen LogP contribution in [0.3, 0.4) is 0 Å². The Morgan fingerprint density at radius 3 is 3.00 bits per heavy atom. The van der Waals surface area contributed by atoms with Crippen LogP contribution in [0.15, 0.2) is 0 Å². The summed E-state index contributed by atoms with van der Waals surface area (Å²) in [6, 6.07) is 0.392. The number of carbonyl (C=O) groups excluding carboxylic acids is 1. The van der Waals surface area contributed by atoms with Gasteiger partial charge in [0.1, 0.15) is 0 Å². The van der Waals surface area contributed by atoms with Crippen molar-refractivity contribution in [3.8, 4) is 0 Å². The third kappa shape index (κ3) is 1.36. The van der Waals surface area contributed by atoms with Crippen molar-refractivity contribution >= 4 is 5.91 Å². The zero-order valence-corrected chi connectivity index (χ0v) is 8.60. The molecule has 1 amide bonds. The lowest BCUT2D eigenvalue weighted by Gasteiger charge is -2.45. The molecular formula is C11H19NO. The molecule has 0 spiro atoms. The van der Waals surface area contributed by atoms with Crippen LogP contribution in [0.1, 0.15) is 46.0 Å². The molecule has 0 aromatic heterocycles. The molecule has 2 fully saturated rings. The van der Waals surface area contributed by atoms with E-state index < -0.39 is 0 Å². The molecule has 1 aliphatic carbocycles. The number of carbonyl (C=O) groups is 1. The van der Waals surface area contributed by atoms with Gasteiger partial charge in [0.2, 0.25) is 5.91 Å². The summed E-state index contributed by atoms with van der Waals surface area (Å²) < 4.78 is 0. The summed E-state index contributed by atoms with van der Waals surface area (Å²) in [6.07, 6.45) is 6.09. The quantitative estimate of drug-likeness (QED) is 0.609. The molecule has 2 rings (SSSR count). The SMILES string of the molecule is C[C@@H]1CC2CCCC[C@]2(C)C(=O)N1. The van der Waals surface area contributed by atoms with Crippen LogP contribution >= 0.6 is 0 Å². The predicted molar refractivity (Wildman–Crippen MR) is 52.3 cm³/mol. The Hall–Kier alpha value is -0.530. The molecule has 1 saturated carbocycles. The van der Waals surface area contributed by atoms with Crippen LogP contribution in [0.25, 0.3) is 0 Å². The van der Waals surface area contributed by atoms with E-state index in [2.05, 4.69) is 19.2 Å². The highest BCUT2D eigenvalue weighted by Crippen LogP contribution is 2.45. The highest BCUT2D eigenvalue weighted by atomic mass is 16.2. The van der Waals surface area contributed by atoms with Gasteiger partial charge in [-0.1, -0.05) is 19.8 Å². The highest BCUT2D eigenvalue weighted by Gasteiger charge is 2.46. The molecule has 2 aliphatic rings. The standard InChI is InChI=1S/C11H19NO/c1-8-7-9-5-3-4-6-11(9,2)10(13)12-8/h8-9H,3-7H2,1-2H3,(H,12,13)/t8-,9?,11+/m1/s1. The molecule has 1 N–H and O–H groups in total. The van der Waals surface area contributed by atoms with Crippen LogP contribution in [0, 0.1) is 11.3 Å². The number of hydrogen-bond donors (Lipinski definition) is 1. The van der Waals surface area contributed by atoms with Gasteiger partial charge in [0.05, 0.1) is 0 Å². The molecule has 1 saturated heterocycles. The molecule has 0 aromatic rings. The predicted octanol–water partition coefficient (Wildman–Crippen LogP) is 2.09. The Morgan fingerprint density at radius 1 is 1.46 bits per heavy atom. The third-order valence-corrected chi connectivity index (χ3v) is 3.93. The Labute approximate surface area is 80.1 Å². The van der Waals surface area contributed by atoms with Gasteiger partial charge in [0.25, 0.3) is 0 Å². The third-order valence-electron chi connectivity index (χ3n) is 3.93. The molecule has 0 aromatic carbocycles. The number of piperidine rings is 1. The van der Waals surface area contributed by atoms with Gasteiger partial charge in [-0.3, -0.25) is 4.79 Å². The van der Waals surface area contributed by atoms with E-state index in [0.29, 0.717) is 17.9 Å². The number of hydrogen-bond acceptors (Lipinski definition) is 1. The molecule has 1 aliphatic heterocycles. The molecule has 0 radical (unpaired) electrons. The van der Waals surface area contributed by atoms with Gasteiger partial charge in [-0.25, -0.2) is 0 Å². The van der Waals surface area contributed by atoms with Gasteiger partial charge in [0, 0.05) is 11.5 Å². The van der Waals surface area contributed by atoms with E-state index >= 15 is 0 Å². The fourth-order valence-electron chi connectivity index (χ4n) is 2.96. The van der Waals surface area contributed by atoms with Crippen LogP contribution < -0.4 is 5.32 Å². The first-order chi connectivity index (χ1) is 6.13. The summed E-state index contributed by atoms with van der Waals surface area (Å²) in [5, 5.41) is 3.08. The first-order valence-corrected chi connectivity index (χ1v) is 5.44. The first-order valence-electron chi connectivity index (χ1n) is 5.44. The molecule has 3 atom stereocenters. The summed E-state index contributed by atoms with van der Waals surface area (Å²) in [6.45, 7) is 4.27. The van der Waals surface area contributed by atoms with E-state index in [0.717, 1.165) is 6.42 Å². The second kappa shape index (κ2) is 3.00. The fourth-order valence-corrected chi connectivity index (χ4v) is 2.96. The second-order valence-electron chi connectivity index (χ2n) is 4.97. The normalized spacial score (nSPS) is 45.2. The van der Waals surface area contributed by atoms with Crippen molar-refractivity contribution in [3.63, 3.8) is 0 Å². The lowest BCUT2D eigenvalue weighted by molar-refractivity contribution is -0.140. The molecule has 1 heterocycles. The van der Waals surface area contributed by atoms with Crippen molar-refractivity contribution in [1.82, 2.24) is 5.32 Å². The Bertz CT molecular complexity index is 226. The maximum Gasteiger partial charge on any atom is 0.226 e. The van der Waals surface area contributed by atoms with Gasteiger partial charge in [-0.05, 0) is 32.1 Å². The van der Waals surface area contributed by atoms with Crippen molar-refractivity contribution in [3.05, 3.63) is 0 Å². The summed E-state index contributed by atoms with van der Waals surface area (Å²) in [4.78, 5) is 11.8. The highest BCUT2D eigenvalue weighted by molar-refractivity contribution is 5.83. The van der Waals surface area contributed by atoms with E-state index in [1.165, 1.54) is 25.7 Å². The monoisotopic (exact) mass is 181 g/mol. The molecule has 74 valence electrons. The van der Waals surface area contributed by atoms with E-state index in [4.69, 9.17) is 0 Å². The average molecular weight is 181 g/mol. The van der Waals surface area contributed by atoms with Crippen LogP contribution in [-0.2, 0) is 4.79 Å². The first kappa shape index (κ1) is 9.04. The van der Waals surface area contributed by atoms with Gasteiger partial charge in [0.15, 0.2) is 0 Å². The lowest BCUT2D eigenvalue weighted by Crippen LogP contribution is -2.54. The molecule has 13 heavy (non-hydrogen) atoms. The number of rotatable bonds is 0. The van der Waals surface area contributed by atoms with Crippen molar-refractivity contribution in [2.45, 2.75) is 52.0 Å². The summed E-state index contributed by atoms with van der Waals surface area (Å²) in [7, 11) is 0. The number of amides is 1. The van der Waals surface area contributed by atoms with E-state index in [-0.39, 0.29) is 5.41 Å². The topological polar surface area (TPSA) is 29.1 Å². The van der Waals surface area contributed by atoms with Crippen molar-refractivity contribution in [2.75, 3.05) is 0 Å². The molecule has 2 nitrogen and oxygen atoms in total. The summed E-state index contributed by atoms with van der Waals surface area (Å²) in [5.41, 5.74) is -0.0369. The van der Waals surface area contributed by atoms with Gasteiger partial charge in [-0.15, -0.1) is 0 Å². The zero-order chi connectivity index (χ0) is 9.47. The van der Waals surface area contributed by atoms with Crippen molar-refractivity contribution in [2.24, 2.45) is 11.3 Å². The maximum absolute atomic E-state index is 11.8. The largest absolute Gasteiger partial charge is 0.353 e. The van der Waals surface area contributed by atoms with Crippen LogP contribution in [0.4, 0.5) is 0 Å². The van der Waals surface area contributed by atoms with Crippen LogP contribution in [-0.4, -0.2) is 11.9 Å². The second-order valence-corrected chi connectivity index (χ2v) is 4.97. The lowest BCUT2D eigenvalue weighted by atomic mass is 9.63. The number of nitrogens with one attached hydrogen (secondary N) is 1. The minimum absolute atomic E-state index is 0.0369. The van der Waals surface area contributed by atoms with Crippen LogP contribution in [0.5, 0.6) is 0 Å². The van der Waals surface area contributed by atoms with E-state index in [9.17, 15) is 4.79 Å². The van der Waals surface area contributed by atoms with E-state index in [1.807, 2.05) is 0 Å². The fraction of sp³-hybridized carbons (Fsp3) is 0.909. The molecule has 0 bridgehead atoms. The average Bonchev–Trinajstić information content (AvgIpc) is 2.07. The van der Waals surface area contributed by atoms with E-state index in [1.54, 1.807) is 0 Å². The molecule has 2 heteroatoms. The Balaban J connectivity index is 2.20. The van der Waals surface area contributed by atoms with Crippen molar-refractivity contribution < 1.29 is 4.79 Å². The summed E-state index contributed by atoms with van der Waals surface area (Å²) >= 11 is 0. The Morgan fingerprint density at radius 2 is 2.23 bits per heavy atom. The van der Waals surface area contributed by atoms with Gasteiger partial charge >= 0.3 is 0 Å². The molecule has 1 unspecified atom stereocenters. The smallest absolute Gasteiger partial charge is 0.226 e. The zero-order valence-electron chi connectivity index (χ0n) is 8.60. The Kier molecular flexibility index (Phi) is 2.09. The van der Waals surface area contributed by atoms with Gasteiger partial charge < -0.3 is 5.32 Å².